The zero-order valence-corrected chi connectivity index (χ0v) is 14.9. The van der Waals surface area contributed by atoms with Crippen LogP contribution in [0, 0.1) is 12.8 Å². The van der Waals surface area contributed by atoms with Crippen LogP contribution in [0.2, 0.25) is 0 Å². The van der Waals surface area contributed by atoms with Gasteiger partial charge in [0.1, 0.15) is 11.5 Å². The van der Waals surface area contributed by atoms with Crippen molar-refractivity contribution in [1.29, 1.82) is 0 Å². The largest absolute Gasteiger partial charge is 0.464 e. The normalized spacial score (nSPS) is 22.1. The Morgan fingerprint density at radius 2 is 2.17 bits per heavy atom. The molecule has 1 aliphatic heterocycles. The highest BCUT2D eigenvalue weighted by Gasteiger charge is 2.32. The first-order valence-electron chi connectivity index (χ1n) is 8.13. The van der Waals surface area contributed by atoms with Gasteiger partial charge in [-0.3, -0.25) is 0 Å². The monoisotopic (exact) mass is 342 g/mol. The van der Waals surface area contributed by atoms with Crippen molar-refractivity contribution in [2.45, 2.75) is 39.7 Å². The van der Waals surface area contributed by atoms with Crippen LogP contribution in [0.15, 0.2) is 16.5 Å². The van der Waals surface area contributed by atoms with Crippen LogP contribution < -0.4 is 5.32 Å². The third kappa shape index (κ3) is 4.73. The van der Waals surface area contributed by atoms with Crippen molar-refractivity contribution < 1.29 is 17.6 Å². The predicted octanol–water partition coefficient (Wildman–Crippen LogP) is 2.51. The van der Waals surface area contributed by atoms with E-state index in [-0.39, 0.29) is 30.1 Å². The summed E-state index contributed by atoms with van der Waals surface area (Å²) in [5.41, 5.74) is 0. The van der Waals surface area contributed by atoms with E-state index in [4.69, 9.17) is 4.42 Å². The van der Waals surface area contributed by atoms with Gasteiger partial charge in [-0.2, -0.15) is 0 Å². The predicted molar refractivity (Wildman–Crippen MR) is 89.0 cm³/mol. The number of likely N-dealkylation sites (tertiary alicyclic amines) is 1. The van der Waals surface area contributed by atoms with Gasteiger partial charge in [-0.05, 0) is 37.8 Å². The first kappa shape index (κ1) is 17.8. The number of hydrogen-bond donors (Lipinski definition) is 1. The maximum Gasteiger partial charge on any atom is 0.318 e. The third-order valence-corrected chi connectivity index (χ3v) is 6.05. The van der Waals surface area contributed by atoms with Crippen LogP contribution in [0.25, 0.3) is 0 Å². The molecule has 1 fully saturated rings. The van der Waals surface area contributed by atoms with Crippen molar-refractivity contribution in [2.24, 2.45) is 5.92 Å². The molecule has 1 saturated heterocycles. The molecule has 0 bridgehead atoms. The Morgan fingerprint density at radius 1 is 1.43 bits per heavy atom. The molecule has 1 N–H and O–H groups in total. The molecule has 130 valence electrons. The molecule has 2 atom stereocenters. The highest BCUT2D eigenvalue weighted by atomic mass is 32.2. The van der Waals surface area contributed by atoms with E-state index in [0.29, 0.717) is 12.5 Å². The van der Waals surface area contributed by atoms with E-state index in [0.717, 1.165) is 24.4 Å². The van der Waals surface area contributed by atoms with Crippen LogP contribution in [0.1, 0.15) is 44.3 Å². The van der Waals surface area contributed by atoms with Crippen molar-refractivity contribution in [3.63, 3.8) is 0 Å². The van der Waals surface area contributed by atoms with Crippen molar-refractivity contribution in [2.75, 3.05) is 24.6 Å². The fourth-order valence-electron chi connectivity index (χ4n) is 2.85. The average molecular weight is 342 g/mol. The number of carbonyl (C=O) groups excluding carboxylic acids is 1. The summed E-state index contributed by atoms with van der Waals surface area (Å²) in [6.07, 6.45) is 1.80. The Bertz CT molecular complexity index is 638. The van der Waals surface area contributed by atoms with Gasteiger partial charge in [0.05, 0.1) is 11.8 Å². The molecule has 2 amide bonds. The van der Waals surface area contributed by atoms with Gasteiger partial charge in [-0.1, -0.05) is 13.8 Å². The van der Waals surface area contributed by atoms with E-state index in [9.17, 15) is 13.2 Å². The maximum atomic E-state index is 12.4. The van der Waals surface area contributed by atoms with Crippen LogP contribution in [-0.2, 0) is 9.84 Å². The molecular formula is C16H26N2O4S. The number of piperidine rings is 1. The van der Waals surface area contributed by atoms with Gasteiger partial charge >= 0.3 is 6.03 Å². The number of nitrogens with zero attached hydrogens (tertiary/aromatic N) is 1. The molecule has 0 aromatic carbocycles. The van der Waals surface area contributed by atoms with Crippen molar-refractivity contribution in [1.82, 2.24) is 10.2 Å². The van der Waals surface area contributed by atoms with E-state index in [1.807, 2.05) is 19.1 Å². The van der Waals surface area contributed by atoms with E-state index in [2.05, 4.69) is 12.2 Å². The second kappa shape index (κ2) is 7.38. The molecule has 1 aliphatic rings. The quantitative estimate of drug-likeness (QED) is 0.891. The molecule has 0 saturated carbocycles. The van der Waals surface area contributed by atoms with E-state index < -0.39 is 9.84 Å². The summed E-state index contributed by atoms with van der Waals surface area (Å²) >= 11 is 0. The topological polar surface area (TPSA) is 79.6 Å². The van der Waals surface area contributed by atoms with Crippen LogP contribution in [0.4, 0.5) is 4.79 Å². The van der Waals surface area contributed by atoms with E-state index in [1.165, 1.54) is 0 Å². The Morgan fingerprint density at radius 3 is 2.78 bits per heavy atom. The lowest BCUT2D eigenvalue weighted by atomic mass is 9.91. The Labute approximate surface area is 138 Å². The molecule has 0 radical (unpaired) electrons. The lowest BCUT2D eigenvalue weighted by molar-refractivity contribution is 0.119. The Balaban J connectivity index is 2.01. The molecule has 2 heterocycles. The van der Waals surface area contributed by atoms with Crippen LogP contribution >= 0.6 is 0 Å². The number of rotatable bonds is 5. The number of carbonyl (C=O) groups is 1. The summed E-state index contributed by atoms with van der Waals surface area (Å²) in [7, 11) is -3.07. The van der Waals surface area contributed by atoms with E-state index in [1.54, 1.807) is 11.8 Å². The molecule has 7 heteroatoms. The van der Waals surface area contributed by atoms with Crippen molar-refractivity contribution in [3.8, 4) is 0 Å². The molecular weight excluding hydrogens is 316 g/mol. The van der Waals surface area contributed by atoms with Crippen LogP contribution in [-0.4, -0.2) is 43.9 Å². The second-order valence-corrected chi connectivity index (χ2v) is 8.73. The minimum atomic E-state index is -3.07. The van der Waals surface area contributed by atoms with Crippen LogP contribution in [0.3, 0.4) is 0 Å². The number of amides is 2. The highest BCUT2D eigenvalue weighted by Crippen LogP contribution is 2.34. The average Bonchev–Trinajstić information content (AvgIpc) is 2.93. The Hall–Kier alpha value is -1.50. The summed E-state index contributed by atoms with van der Waals surface area (Å²) in [5, 5.41) is 2.73. The summed E-state index contributed by atoms with van der Waals surface area (Å²) < 4.78 is 28.7. The van der Waals surface area contributed by atoms with Gasteiger partial charge in [0.15, 0.2) is 9.84 Å². The second-order valence-electron chi connectivity index (χ2n) is 6.26. The number of sulfone groups is 1. The molecule has 6 nitrogen and oxygen atoms in total. The fourth-order valence-corrected chi connectivity index (χ4v) is 3.55. The van der Waals surface area contributed by atoms with Gasteiger partial charge in [0.25, 0.3) is 0 Å². The minimum absolute atomic E-state index is 0.0238. The SMILES string of the molecule is CCS(=O)(=O)CCNC(=O)N1CCC(C)CC1c1ccc(C)o1. The molecule has 2 unspecified atom stereocenters. The summed E-state index contributed by atoms with van der Waals surface area (Å²) in [6.45, 7) is 6.46. The van der Waals surface area contributed by atoms with E-state index >= 15 is 0 Å². The van der Waals surface area contributed by atoms with Crippen molar-refractivity contribution >= 4 is 15.9 Å². The molecule has 1 aromatic rings. The lowest BCUT2D eigenvalue weighted by Gasteiger charge is -2.37. The summed E-state index contributed by atoms with van der Waals surface area (Å²) in [6, 6.07) is 3.51. The first-order chi connectivity index (χ1) is 10.8. The number of furan rings is 1. The number of nitrogens with one attached hydrogen (secondary N) is 1. The smallest absolute Gasteiger partial charge is 0.318 e. The lowest BCUT2D eigenvalue weighted by Crippen LogP contribution is -2.47. The summed E-state index contributed by atoms with van der Waals surface area (Å²) in [5.74, 6) is 2.22. The zero-order valence-electron chi connectivity index (χ0n) is 14.0. The number of urea groups is 1. The Kier molecular flexibility index (Phi) is 5.73. The molecule has 1 aromatic heterocycles. The first-order valence-corrected chi connectivity index (χ1v) is 9.95. The summed E-state index contributed by atoms with van der Waals surface area (Å²) in [4.78, 5) is 14.2. The highest BCUT2D eigenvalue weighted by molar-refractivity contribution is 7.91. The standard InChI is InChI=1S/C16H26N2O4S/c1-4-23(20,21)10-8-17-16(19)18-9-7-12(2)11-14(18)15-6-5-13(3)22-15/h5-6,12,14H,4,7-11H2,1-3H3,(H,17,19). The molecule has 23 heavy (non-hydrogen) atoms. The van der Waals surface area contributed by atoms with Gasteiger partial charge < -0.3 is 14.6 Å². The third-order valence-electron chi connectivity index (χ3n) is 4.34. The molecule has 2 rings (SSSR count). The minimum Gasteiger partial charge on any atom is -0.464 e. The maximum absolute atomic E-state index is 12.4. The zero-order chi connectivity index (χ0) is 17.0. The number of aryl methyl sites for hydroxylation is 1. The molecule has 0 aliphatic carbocycles. The number of hydrogen-bond acceptors (Lipinski definition) is 4. The van der Waals surface area contributed by atoms with Gasteiger partial charge in [0.2, 0.25) is 0 Å². The van der Waals surface area contributed by atoms with Gasteiger partial charge in [-0.25, -0.2) is 13.2 Å². The van der Waals surface area contributed by atoms with Crippen LogP contribution in [0.5, 0.6) is 0 Å². The van der Waals surface area contributed by atoms with Crippen molar-refractivity contribution in [3.05, 3.63) is 23.7 Å². The molecule has 0 spiro atoms. The fraction of sp³-hybridized carbons (Fsp3) is 0.688. The van der Waals surface area contributed by atoms with Gasteiger partial charge in [0, 0.05) is 18.8 Å². The van der Waals surface area contributed by atoms with Gasteiger partial charge in [-0.15, -0.1) is 0 Å².